The fourth-order valence-electron chi connectivity index (χ4n) is 10.2. The third kappa shape index (κ3) is 5.00. The van der Waals surface area contributed by atoms with E-state index in [0.717, 1.165) is 18.6 Å². The summed E-state index contributed by atoms with van der Waals surface area (Å²) in [4.78, 5) is 5.51. The summed E-state index contributed by atoms with van der Waals surface area (Å²) in [6, 6.07) is 38.1. The van der Waals surface area contributed by atoms with Crippen LogP contribution in [-0.4, -0.2) is 10.3 Å². The molecule has 0 saturated heterocycles. The maximum atomic E-state index is 5.51. The highest BCUT2D eigenvalue weighted by atomic mass is 15.1. The molecule has 56 heavy (non-hydrogen) atoms. The van der Waals surface area contributed by atoms with E-state index in [2.05, 4.69) is 195 Å². The Bertz CT molecular complexity index is 3010. The first-order chi connectivity index (χ1) is 27.5. The number of nitrogens with zero attached hydrogens (tertiary/aromatic N) is 2. The number of aliphatic imine (C=N–C) groups is 1. The zero-order valence-corrected chi connectivity index (χ0v) is 32.2. The van der Waals surface area contributed by atoms with Gasteiger partial charge in [-0.3, -0.25) is 4.99 Å². The summed E-state index contributed by atoms with van der Waals surface area (Å²) in [6.07, 6.45) is 25.2. The molecule has 0 spiro atoms. The van der Waals surface area contributed by atoms with Gasteiger partial charge in [-0.2, -0.15) is 0 Å². The van der Waals surface area contributed by atoms with E-state index in [4.69, 9.17) is 4.99 Å². The zero-order chi connectivity index (χ0) is 37.5. The predicted molar refractivity (Wildman–Crippen MR) is 238 cm³/mol. The maximum absolute atomic E-state index is 5.51. The molecule has 2 heterocycles. The first kappa shape index (κ1) is 33.2. The number of nitrogens with one attached hydrogen (secondary N) is 1. The number of benzene rings is 6. The number of hydrogen-bond acceptors (Lipinski definition) is 2. The van der Waals surface area contributed by atoms with E-state index in [9.17, 15) is 0 Å². The molecule has 7 aromatic rings. The lowest BCUT2D eigenvalue weighted by atomic mass is 9.78. The molecule has 3 heteroatoms. The molecule has 3 aliphatic carbocycles. The summed E-state index contributed by atoms with van der Waals surface area (Å²) in [5.41, 5.74) is 8.69. The number of hydrogen-bond donors (Lipinski definition) is 1. The van der Waals surface area contributed by atoms with Crippen LogP contribution in [0.15, 0.2) is 174 Å². The van der Waals surface area contributed by atoms with Crippen molar-refractivity contribution in [2.75, 3.05) is 0 Å². The minimum absolute atomic E-state index is 0.138. The summed E-state index contributed by atoms with van der Waals surface area (Å²) in [7, 11) is 0. The van der Waals surface area contributed by atoms with E-state index < -0.39 is 0 Å². The Morgan fingerprint density at radius 2 is 1.46 bits per heavy atom. The van der Waals surface area contributed by atoms with Gasteiger partial charge in [0.05, 0.1) is 17.3 Å². The van der Waals surface area contributed by atoms with Crippen LogP contribution in [0.1, 0.15) is 68.6 Å². The Morgan fingerprint density at radius 3 is 2.27 bits per heavy atom. The second-order valence-electron chi connectivity index (χ2n) is 16.6. The standard InChI is InChI=1S/C53H45N3/c1-33-15-13-24-46-48(33)50-49-39-20-8-6-17-36(39)25-27-41(49)40-21-9-10-22-42(40)51(50)56(46)45-28-26-37(31-34(45)2)44-32-47(53(3)29-11-4-12-30-53)55-52(54-44)43-23-14-18-35-16-5-7-19-38(35)43/h4-14,16-29,31-34,45,52,55H,15,30H2,1-3H3. The molecule has 4 aliphatic rings. The van der Waals surface area contributed by atoms with Gasteiger partial charge in [0.15, 0.2) is 0 Å². The van der Waals surface area contributed by atoms with Crippen LogP contribution in [-0.2, 0) is 0 Å². The molecular weight excluding hydrogens is 679 g/mol. The summed E-state index contributed by atoms with van der Waals surface area (Å²) in [5.74, 6) is 0.639. The van der Waals surface area contributed by atoms with Crippen LogP contribution in [0.2, 0.25) is 0 Å². The van der Waals surface area contributed by atoms with Crippen molar-refractivity contribution in [2.45, 2.75) is 51.7 Å². The average Bonchev–Trinajstić information content (AvgIpc) is 3.59. The summed E-state index contributed by atoms with van der Waals surface area (Å²) < 4.78 is 2.69. The van der Waals surface area contributed by atoms with Crippen molar-refractivity contribution >= 4 is 65.8 Å². The SMILES string of the molecule is CC1CC=Cc2c1c1c3c4ccccc4ccc3c3ccccc3c1n2C1C=CC(C2=NC(c3cccc4ccccc34)NC(C3(C)C=CC=CC3)=C2)=CC1C. The number of aromatic nitrogens is 1. The number of fused-ring (bicyclic) bond motifs is 11. The molecule has 272 valence electrons. The second kappa shape index (κ2) is 12.7. The number of allylic oxidation sites excluding steroid dienone is 10. The first-order valence-corrected chi connectivity index (χ1v) is 20.3. The third-order valence-electron chi connectivity index (χ3n) is 13.1. The van der Waals surface area contributed by atoms with Crippen molar-refractivity contribution in [3.63, 3.8) is 0 Å². The Labute approximate surface area is 328 Å². The van der Waals surface area contributed by atoms with Crippen molar-refractivity contribution in [3.8, 4) is 0 Å². The fraction of sp³-hybridized carbons (Fsp3) is 0.189. The first-order valence-electron chi connectivity index (χ1n) is 20.3. The molecule has 5 atom stereocenters. The van der Waals surface area contributed by atoms with E-state index in [1.807, 2.05) is 0 Å². The monoisotopic (exact) mass is 723 g/mol. The third-order valence-corrected chi connectivity index (χ3v) is 13.1. The van der Waals surface area contributed by atoms with Crippen LogP contribution in [0, 0.1) is 11.3 Å². The smallest absolute Gasteiger partial charge is 0.145 e. The Balaban J connectivity index is 1.09. The normalized spacial score (nSPS) is 24.4. The molecule has 11 rings (SSSR count). The van der Waals surface area contributed by atoms with E-state index in [1.165, 1.54) is 82.1 Å². The molecule has 3 nitrogen and oxygen atoms in total. The maximum Gasteiger partial charge on any atom is 0.145 e. The lowest BCUT2D eigenvalue weighted by Crippen LogP contribution is -2.35. The van der Waals surface area contributed by atoms with Crippen LogP contribution in [0.5, 0.6) is 0 Å². The molecule has 0 amide bonds. The van der Waals surface area contributed by atoms with Gasteiger partial charge in [-0.15, -0.1) is 0 Å². The van der Waals surface area contributed by atoms with Crippen LogP contribution >= 0.6 is 0 Å². The highest BCUT2D eigenvalue weighted by Gasteiger charge is 2.34. The molecule has 6 aromatic carbocycles. The van der Waals surface area contributed by atoms with Gasteiger partial charge in [-0.1, -0.05) is 173 Å². The van der Waals surface area contributed by atoms with Crippen molar-refractivity contribution in [3.05, 3.63) is 186 Å². The Morgan fingerprint density at radius 1 is 0.714 bits per heavy atom. The highest BCUT2D eigenvalue weighted by molar-refractivity contribution is 6.32. The van der Waals surface area contributed by atoms with E-state index in [1.54, 1.807) is 0 Å². The van der Waals surface area contributed by atoms with Gasteiger partial charge >= 0.3 is 0 Å². The van der Waals surface area contributed by atoms with E-state index in [0.29, 0.717) is 5.92 Å². The largest absolute Gasteiger partial charge is 0.363 e. The average molecular weight is 724 g/mol. The Kier molecular flexibility index (Phi) is 7.51. The van der Waals surface area contributed by atoms with Crippen LogP contribution < -0.4 is 5.32 Å². The number of rotatable bonds is 4. The van der Waals surface area contributed by atoms with Gasteiger partial charge in [0.2, 0.25) is 0 Å². The molecule has 1 aromatic heterocycles. The summed E-state index contributed by atoms with van der Waals surface area (Å²) in [6.45, 7) is 7.15. The lowest BCUT2D eigenvalue weighted by molar-refractivity contribution is 0.442. The molecule has 5 unspecified atom stereocenters. The zero-order valence-electron chi connectivity index (χ0n) is 32.2. The van der Waals surface area contributed by atoms with Gasteiger partial charge < -0.3 is 9.88 Å². The molecule has 1 N–H and O–H groups in total. The topological polar surface area (TPSA) is 29.3 Å². The summed E-state index contributed by atoms with van der Waals surface area (Å²) in [5, 5.41) is 15.8. The van der Waals surface area contributed by atoms with Gasteiger partial charge in [-0.05, 0) is 85.7 Å². The quantitative estimate of drug-likeness (QED) is 0.180. The minimum Gasteiger partial charge on any atom is -0.363 e. The molecular formula is C53H45N3. The molecule has 0 fully saturated rings. The lowest BCUT2D eigenvalue weighted by Gasteiger charge is -2.36. The molecule has 0 radical (unpaired) electrons. The molecule has 0 saturated carbocycles. The van der Waals surface area contributed by atoms with Crippen molar-refractivity contribution in [2.24, 2.45) is 16.3 Å². The van der Waals surface area contributed by atoms with Gasteiger partial charge in [0.1, 0.15) is 6.17 Å². The molecule has 0 bridgehead atoms. The van der Waals surface area contributed by atoms with Gasteiger partial charge in [0, 0.05) is 33.1 Å². The minimum atomic E-state index is -0.198. The van der Waals surface area contributed by atoms with Gasteiger partial charge in [-0.25, -0.2) is 0 Å². The van der Waals surface area contributed by atoms with Crippen LogP contribution in [0.3, 0.4) is 0 Å². The van der Waals surface area contributed by atoms with Crippen molar-refractivity contribution < 1.29 is 0 Å². The predicted octanol–water partition coefficient (Wildman–Crippen LogP) is 13.6. The molecule has 1 aliphatic heterocycles. The van der Waals surface area contributed by atoms with Crippen LogP contribution in [0.4, 0.5) is 0 Å². The van der Waals surface area contributed by atoms with Crippen LogP contribution in [0.25, 0.3) is 60.1 Å². The Hall–Kier alpha value is -6.19. The van der Waals surface area contributed by atoms with Crippen molar-refractivity contribution in [1.29, 1.82) is 0 Å². The highest BCUT2D eigenvalue weighted by Crippen LogP contribution is 2.49. The second-order valence-corrected chi connectivity index (χ2v) is 16.6. The van der Waals surface area contributed by atoms with E-state index >= 15 is 0 Å². The fourth-order valence-corrected chi connectivity index (χ4v) is 10.2. The van der Waals surface area contributed by atoms with Gasteiger partial charge in [0.25, 0.3) is 0 Å². The van der Waals surface area contributed by atoms with Crippen molar-refractivity contribution in [1.82, 2.24) is 9.88 Å². The van der Waals surface area contributed by atoms with E-state index in [-0.39, 0.29) is 23.5 Å². The summed E-state index contributed by atoms with van der Waals surface area (Å²) >= 11 is 0.